The first-order valence-electron chi connectivity index (χ1n) is 5.11. The van der Waals surface area contributed by atoms with Crippen molar-refractivity contribution in [2.24, 2.45) is 5.73 Å². The van der Waals surface area contributed by atoms with Crippen molar-refractivity contribution in [1.29, 1.82) is 0 Å². The van der Waals surface area contributed by atoms with Gasteiger partial charge in [0.1, 0.15) is 17.6 Å². The third-order valence-electron chi connectivity index (χ3n) is 2.21. The Kier molecular flexibility index (Phi) is 4.41. The zero-order chi connectivity index (χ0) is 14.6. The molecule has 5 N–H and O–H groups in total. The van der Waals surface area contributed by atoms with Crippen molar-refractivity contribution in [2.45, 2.75) is 12.5 Å². The topological polar surface area (TPSA) is 130 Å². The number of aromatic hydroxyl groups is 1. The molecular formula is C11H11FN2O5. The van der Waals surface area contributed by atoms with Crippen LogP contribution in [0.2, 0.25) is 0 Å². The summed E-state index contributed by atoms with van der Waals surface area (Å²) >= 11 is 0. The summed E-state index contributed by atoms with van der Waals surface area (Å²) in [5, 5.41) is 19.7. The Morgan fingerprint density at radius 3 is 2.47 bits per heavy atom. The maximum atomic E-state index is 13.4. The average molecular weight is 270 g/mol. The largest absolute Gasteiger partial charge is 0.508 e. The monoisotopic (exact) mass is 270 g/mol. The first kappa shape index (κ1) is 14.4. The van der Waals surface area contributed by atoms with Crippen LogP contribution in [0.25, 0.3) is 0 Å². The molecule has 0 spiro atoms. The lowest BCUT2D eigenvalue weighted by atomic mass is 10.1. The van der Waals surface area contributed by atoms with Crippen LogP contribution < -0.4 is 11.1 Å². The van der Waals surface area contributed by atoms with Gasteiger partial charge in [-0.15, -0.1) is 0 Å². The van der Waals surface area contributed by atoms with E-state index in [1.54, 1.807) is 0 Å². The minimum Gasteiger partial charge on any atom is -0.508 e. The van der Waals surface area contributed by atoms with E-state index < -0.39 is 41.6 Å². The van der Waals surface area contributed by atoms with Gasteiger partial charge in [0.15, 0.2) is 0 Å². The van der Waals surface area contributed by atoms with Gasteiger partial charge in [0.2, 0.25) is 5.91 Å². The Bertz CT molecular complexity index is 532. The van der Waals surface area contributed by atoms with Crippen molar-refractivity contribution in [3.05, 3.63) is 29.6 Å². The van der Waals surface area contributed by atoms with Gasteiger partial charge in [0.05, 0.1) is 12.0 Å². The minimum atomic E-state index is -1.54. The number of carbonyl (C=O) groups excluding carboxylic acids is 2. The number of halogens is 1. The summed E-state index contributed by atoms with van der Waals surface area (Å²) in [6, 6.07) is 1.22. The SMILES string of the molecule is NC(=O)CC(NC(=O)c1ccc(O)cc1F)C(=O)O. The Morgan fingerprint density at radius 2 is 2.00 bits per heavy atom. The number of hydrogen-bond donors (Lipinski definition) is 4. The summed E-state index contributed by atoms with van der Waals surface area (Å²) in [5.74, 6) is -4.79. The van der Waals surface area contributed by atoms with Crippen molar-refractivity contribution in [3.63, 3.8) is 0 Å². The molecule has 1 aromatic carbocycles. The molecule has 0 fully saturated rings. The molecule has 19 heavy (non-hydrogen) atoms. The second-order valence-corrected chi connectivity index (χ2v) is 3.70. The number of nitrogens with one attached hydrogen (secondary N) is 1. The van der Waals surface area contributed by atoms with Crippen LogP contribution >= 0.6 is 0 Å². The van der Waals surface area contributed by atoms with Crippen LogP contribution in [0.5, 0.6) is 5.75 Å². The number of benzene rings is 1. The highest BCUT2D eigenvalue weighted by Gasteiger charge is 2.24. The third-order valence-corrected chi connectivity index (χ3v) is 2.21. The van der Waals surface area contributed by atoms with Crippen LogP contribution in [0.1, 0.15) is 16.8 Å². The van der Waals surface area contributed by atoms with Gasteiger partial charge in [-0.2, -0.15) is 0 Å². The fourth-order valence-electron chi connectivity index (χ4n) is 1.33. The molecule has 0 aromatic heterocycles. The molecule has 7 nitrogen and oxygen atoms in total. The molecule has 1 atom stereocenters. The summed E-state index contributed by atoms with van der Waals surface area (Å²) in [6.07, 6.45) is -0.610. The van der Waals surface area contributed by atoms with Gasteiger partial charge in [-0.3, -0.25) is 9.59 Å². The second-order valence-electron chi connectivity index (χ2n) is 3.70. The van der Waals surface area contributed by atoms with Gasteiger partial charge in [-0.1, -0.05) is 0 Å². The Labute approximate surface area is 106 Å². The van der Waals surface area contributed by atoms with E-state index in [-0.39, 0.29) is 5.75 Å². The molecule has 0 bridgehead atoms. The molecule has 1 rings (SSSR count). The van der Waals surface area contributed by atoms with E-state index in [1.807, 2.05) is 5.32 Å². The fourth-order valence-corrected chi connectivity index (χ4v) is 1.33. The molecule has 8 heteroatoms. The molecule has 0 radical (unpaired) electrons. The smallest absolute Gasteiger partial charge is 0.326 e. The molecule has 0 saturated heterocycles. The number of phenolic OH excluding ortho intramolecular Hbond substituents is 1. The Balaban J connectivity index is 2.87. The van der Waals surface area contributed by atoms with E-state index in [0.717, 1.165) is 12.1 Å². The molecule has 0 aliphatic carbocycles. The quantitative estimate of drug-likeness (QED) is 0.578. The fraction of sp³-hybridized carbons (Fsp3) is 0.182. The number of carboxylic acid groups (broad SMARTS) is 1. The minimum absolute atomic E-state index is 0.374. The van der Waals surface area contributed by atoms with Crippen LogP contribution in [0.15, 0.2) is 18.2 Å². The Hall–Kier alpha value is -2.64. The first-order valence-corrected chi connectivity index (χ1v) is 5.11. The molecule has 0 aliphatic rings. The van der Waals surface area contributed by atoms with Crippen LogP contribution in [-0.4, -0.2) is 34.0 Å². The molecule has 1 unspecified atom stereocenters. The van der Waals surface area contributed by atoms with Gasteiger partial charge in [-0.25, -0.2) is 9.18 Å². The molecular weight excluding hydrogens is 259 g/mol. The maximum Gasteiger partial charge on any atom is 0.326 e. The maximum absolute atomic E-state index is 13.4. The number of nitrogens with two attached hydrogens (primary N) is 1. The predicted octanol–water partition coefficient (Wildman–Crippen LogP) is -0.410. The highest BCUT2D eigenvalue weighted by Crippen LogP contribution is 2.15. The molecule has 0 aliphatic heterocycles. The van der Waals surface area contributed by atoms with Gasteiger partial charge in [-0.05, 0) is 12.1 Å². The Morgan fingerprint density at radius 1 is 1.37 bits per heavy atom. The van der Waals surface area contributed by atoms with E-state index in [0.29, 0.717) is 6.07 Å². The van der Waals surface area contributed by atoms with E-state index in [9.17, 15) is 18.8 Å². The van der Waals surface area contributed by atoms with E-state index in [4.69, 9.17) is 15.9 Å². The highest BCUT2D eigenvalue weighted by molar-refractivity contribution is 5.97. The lowest BCUT2D eigenvalue weighted by Gasteiger charge is -2.13. The van der Waals surface area contributed by atoms with Crippen LogP contribution in [0, 0.1) is 5.82 Å². The number of amides is 2. The van der Waals surface area contributed by atoms with Gasteiger partial charge in [0, 0.05) is 6.07 Å². The van der Waals surface area contributed by atoms with Crippen molar-refractivity contribution in [3.8, 4) is 5.75 Å². The lowest BCUT2D eigenvalue weighted by Crippen LogP contribution is -2.43. The number of hydrogen-bond acceptors (Lipinski definition) is 4. The number of carbonyl (C=O) groups is 3. The van der Waals surface area contributed by atoms with Crippen LogP contribution in [-0.2, 0) is 9.59 Å². The van der Waals surface area contributed by atoms with E-state index in [1.165, 1.54) is 0 Å². The molecule has 0 saturated carbocycles. The summed E-state index contributed by atoms with van der Waals surface area (Å²) in [4.78, 5) is 33.1. The molecule has 0 heterocycles. The van der Waals surface area contributed by atoms with Crippen LogP contribution in [0.3, 0.4) is 0 Å². The van der Waals surface area contributed by atoms with E-state index >= 15 is 0 Å². The van der Waals surface area contributed by atoms with Crippen molar-refractivity contribution >= 4 is 17.8 Å². The van der Waals surface area contributed by atoms with Crippen LogP contribution in [0.4, 0.5) is 4.39 Å². The number of phenols is 1. The van der Waals surface area contributed by atoms with Crippen molar-refractivity contribution < 1.29 is 29.0 Å². The molecule has 2 amide bonds. The zero-order valence-electron chi connectivity index (χ0n) is 9.59. The van der Waals surface area contributed by atoms with Gasteiger partial charge >= 0.3 is 5.97 Å². The number of rotatable bonds is 5. The summed E-state index contributed by atoms with van der Waals surface area (Å²) in [6.45, 7) is 0. The summed E-state index contributed by atoms with van der Waals surface area (Å²) in [5.41, 5.74) is 4.38. The van der Waals surface area contributed by atoms with Crippen molar-refractivity contribution in [2.75, 3.05) is 0 Å². The van der Waals surface area contributed by atoms with Crippen molar-refractivity contribution in [1.82, 2.24) is 5.32 Å². The third kappa shape index (κ3) is 3.95. The summed E-state index contributed by atoms with van der Waals surface area (Å²) in [7, 11) is 0. The van der Waals surface area contributed by atoms with Gasteiger partial charge < -0.3 is 21.3 Å². The predicted molar refractivity (Wildman–Crippen MR) is 60.8 cm³/mol. The summed E-state index contributed by atoms with van der Waals surface area (Å²) < 4.78 is 13.4. The number of primary amides is 1. The normalized spacial score (nSPS) is 11.6. The molecule has 1 aromatic rings. The van der Waals surface area contributed by atoms with Gasteiger partial charge in [0.25, 0.3) is 5.91 Å². The molecule has 102 valence electrons. The highest BCUT2D eigenvalue weighted by atomic mass is 19.1. The lowest BCUT2D eigenvalue weighted by molar-refractivity contribution is -0.140. The zero-order valence-corrected chi connectivity index (χ0v) is 9.59. The first-order chi connectivity index (χ1) is 8.81. The van der Waals surface area contributed by atoms with E-state index in [2.05, 4.69) is 0 Å². The number of carboxylic acids is 1. The standard InChI is InChI=1S/C11H11FN2O5/c12-7-3-5(15)1-2-6(7)10(17)14-8(11(18)19)4-9(13)16/h1-3,8,15H,4H2,(H2,13,16)(H,14,17)(H,18,19). The second kappa shape index (κ2) is 5.80. The number of aliphatic carboxylic acids is 1. The average Bonchev–Trinajstić information content (AvgIpc) is 2.26.